The van der Waals surface area contributed by atoms with Gasteiger partial charge in [-0.25, -0.2) is 12.1 Å². The minimum absolute atomic E-state index is 0. The van der Waals surface area contributed by atoms with Gasteiger partial charge in [0.25, 0.3) is 0 Å². The first kappa shape index (κ1) is 36.9. The Morgan fingerprint density at radius 3 is 1.09 bits per heavy atom. The molecular weight excluding hydrogens is 527 g/mol. The molecule has 0 aliphatic carbocycles. The van der Waals surface area contributed by atoms with E-state index in [1.165, 1.54) is 47.9 Å². The van der Waals surface area contributed by atoms with Gasteiger partial charge >= 0.3 is 41.9 Å². The first-order chi connectivity index (χ1) is 13.9. The van der Waals surface area contributed by atoms with Crippen molar-refractivity contribution >= 4 is 5.43 Å². The quantitative estimate of drug-likeness (QED) is 0.336. The molecule has 0 saturated heterocycles. The number of halogens is 2. The van der Waals surface area contributed by atoms with Crippen molar-refractivity contribution in [2.45, 2.75) is 94.2 Å². The van der Waals surface area contributed by atoms with Crippen LogP contribution in [0.15, 0.2) is 36.4 Å². The third-order valence-electron chi connectivity index (χ3n) is 4.34. The second kappa shape index (κ2) is 20.7. The molecule has 0 aliphatic rings. The fraction of sp³-hybridized carbons (Fsp3) is 0.643. The van der Waals surface area contributed by atoms with E-state index in [4.69, 9.17) is 0 Å². The van der Waals surface area contributed by atoms with Gasteiger partial charge in [-0.1, -0.05) is 80.1 Å². The molecule has 0 aromatic heterocycles. The SMILES string of the molecule is CC(C)Cc1c[cH-]c(CC(C)C)c1.CC(C)Cc1c[cH-]c(CC(C)C)c1.C[Si](C)=[Zr+2].[Cl-].[Cl-]. The zero-order chi connectivity index (χ0) is 23.3. The predicted molar refractivity (Wildman–Crippen MR) is 136 cm³/mol. The molecule has 0 saturated carbocycles. The van der Waals surface area contributed by atoms with E-state index in [-0.39, 0.29) is 30.2 Å². The molecule has 2 rings (SSSR count). The van der Waals surface area contributed by atoms with Crippen LogP contribution in [-0.4, -0.2) is 5.43 Å². The Balaban J connectivity index is -0.000000428. The second-order valence-corrected chi connectivity index (χ2v) is 20.0. The van der Waals surface area contributed by atoms with Crippen LogP contribution in [0, 0.1) is 23.7 Å². The molecular formula is C28H48Cl2SiZr-2. The molecule has 32 heavy (non-hydrogen) atoms. The van der Waals surface area contributed by atoms with E-state index < -0.39 is 0 Å². The monoisotopic (exact) mass is 572 g/mol. The van der Waals surface area contributed by atoms with Gasteiger partial charge in [-0.15, -0.1) is 0 Å². The number of hydrogen-bond donors (Lipinski definition) is 0. The molecule has 0 amide bonds. The number of rotatable bonds is 8. The van der Waals surface area contributed by atoms with Gasteiger partial charge in [0.05, 0.1) is 0 Å². The average molecular weight is 575 g/mol. The summed E-state index contributed by atoms with van der Waals surface area (Å²) in [6.07, 6.45) is 4.88. The van der Waals surface area contributed by atoms with E-state index in [2.05, 4.69) is 105 Å². The maximum atomic E-state index is 2.36. The van der Waals surface area contributed by atoms with Crippen molar-refractivity contribution < 1.29 is 48.1 Å². The Bertz CT molecular complexity index is 589. The summed E-state index contributed by atoms with van der Waals surface area (Å²) in [4.78, 5) is 0. The molecule has 0 heterocycles. The predicted octanol–water partition coefficient (Wildman–Crippen LogP) is 2.40. The van der Waals surface area contributed by atoms with Crippen molar-refractivity contribution in [3.8, 4) is 0 Å². The molecule has 0 aliphatic heterocycles. The van der Waals surface area contributed by atoms with Gasteiger partial charge in [0.1, 0.15) is 0 Å². The molecule has 0 nitrogen and oxygen atoms in total. The minimum Gasteiger partial charge on any atom is -1.00 e. The van der Waals surface area contributed by atoms with Crippen LogP contribution in [0.25, 0.3) is 0 Å². The second-order valence-electron chi connectivity index (χ2n) is 10.6. The van der Waals surface area contributed by atoms with Crippen LogP contribution in [0.3, 0.4) is 0 Å². The smallest absolute Gasteiger partial charge is 1.00 e. The summed E-state index contributed by atoms with van der Waals surface area (Å²) in [6.45, 7) is 22.8. The molecule has 0 N–H and O–H groups in total. The third-order valence-corrected chi connectivity index (χ3v) is 4.34. The van der Waals surface area contributed by atoms with Crippen LogP contribution in [0.1, 0.15) is 77.6 Å². The maximum absolute atomic E-state index is 2.36. The van der Waals surface area contributed by atoms with Crippen LogP contribution >= 0.6 is 0 Å². The van der Waals surface area contributed by atoms with Crippen LogP contribution in [0.5, 0.6) is 0 Å². The molecule has 0 bridgehead atoms. The van der Waals surface area contributed by atoms with E-state index in [1.807, 2.05) is 0 Å². The average Bonchev–Trinajstić information content (AvgIpc) is 3.14. The van der Waals surface area contributed by atoms with Crippen molar-refractivity contribution in [1.29, 1.82) is 0 Å². The molecule has 0 fully saturated rings. The molecule has 0 radical (unpaired) electrons. The topological polar surface area (TPSA) is 0 Å². The molecule has 2 aromatic carbocycles. The van der Waals surface area contributed by atoms with E-state index in [9.17, 15) is 0 Å². The normalized spacial score (nSPS) is 10.2. The van der Waals surface area contributed by atoms with Crippen molar-refractivity contribution in [2.75, 3.05) is 0 Å². The standard InChI is InChI=1S/2C13H21.C2H6Si.2ClH.Zr/c2*1-10(2)7-12-5-6-13(9-12)8-11(3)4;1-3-2;;;/h2*5-6,9-11H,7-8H2,1-4H3;1-2H3;2*1H;/q2*-1;;;;+2/p-2. The van der Waals surface area contributed by atoms with Crippen molar-refractivity contribution in [3.05, 3.63) is 58.7 Å². The van der Waals surface area contributed by atoms with Gasteiger partial charge < -0.3 is 24.8 Å². The fourth-order valence-electron chi connectivity index (χ4n) is 3.49. The Kier molecular flexibility index (Phi) is 23.9. The zero-order valence-corrected chi connectivity index (χ0v) is 27.3. The van der Waals surface area contributed by atoms with Crippen LogP contribution in [-0.2, 0) is 49.0 Å². The Morgan fingerprint density at radius 2 is 0.875 bits per heavy atom. The van der Waals surface area contributed by atoms with E-state index in [0.717, 1.165) is 23.7 Å². The van der Waals surface area contributed by atoms with Crippen molar-refractivity contribution in [3.63, 3.8) is 0 Å². The van der Waals surface area contributed by atoms with Gasteiger partial charge in [0.15, 0.2) is 0 Å². The summed E-state index contributed by atoms with van der Waals surface area (Å²) >= 11 is 1.74. The summed E-state index contributed by atoms with van der Waals surface area (Å²) in [5.74, 6) is 3.09. The van der Waals surface area contributed by atoms with Crippen LogP contribution in [0.2, 0.25) is 13.1 Å². The van der Waals surface area contributed by atoms with Gasteiger partial charge in [-0.3, -0.25) is 0 Å². The molecule has 184 valence electrons. The van der Waals surface area contributed by atoms with Gasteiger partial charge in [-0.05, 0) is 24.7 Å². The van der Waals surface area contributed by atoms with Crippen LogP contribution in [0.4, 0.5) is 0 Å². The Hall–Kier alpha value is 0.380. The zero-order valence-electron chi connectivity index (χ0n) is 22.4. The fourth-order valence-corrected chi connectivity index (χ4v) is 3.49. The summed E-state index contributed by atoms with van der Waals surface area (Å²) in [5, 5.41) is 0. The molecule has 0 unspecified atom stereocenters. The summed E-state index contributed by atoms with van der Waals surface area (Å²) in [5.41, 5.74) is 6.23. The first-order valence-electron chi connectivity index (χ1n) is 11.9. The summed E-state index contributed by atoms with van der Waals surface area (Å²) in [7, 11) is 0. The van der Waals surface area contributed by atoms with Crippen molar-refractivity contribution in [2.24, 2.45) is 23.7 Å². The van der Waals surface area contributed by atoms with E-state index in [0.29, 0.717) is 0 Å². The van der Waals surface area contributed by atoms with Gasteiger partial charge in [0, 0.05) is 0 Å². The van der Waals surface area contributed by atoms with E-state index in [1.54, 1.807) is 23.3 Å². The Morgan fingerprint density at radius 1 is 0.625 bits per heavy atom. The molecule has 0 spiro atoms. The molecule has 2 aromatic rings. The Labute approximate surface area is 228 Å². The number of hydrogen-bond acceptors (Lipinski definition) is 0. The summed E-state index contributed by atoms with van der Waals surface area (Å²) in [6, 6.07) is 13.8. The van der Waals surface area contributed by atoms with Gasteiger partial charge in [-0.2, -0.15) is 46.5 Å². The third kappa shape index (κ3) is 22.2. The molecule has 4 heteroatoms. The van der Waals surface area contributed by atoms with E-state index >= 15 is 0 Å². The largest absolute Gasteiger partial charge is 1.00 e. The molecule has 0 atom stereocenters. The first-order valence-corrected chi connectivity index (χ1v) is 18.1. The van der Waals surface area contributed by atoms with Crippen LogP contribution < -0.4 is 24.8 Å². The maximum Gasteiger partial charge on any atom is -1.00 e. The van der Waals surface area contributed by atoms with Gasteiger partial charge in [0.2, 0.25) is 0 Å². The van der Waals surface area contributed by atoms with Crippen molar-refractivity contribution in [1.82, 2.24) is 0 Å². The minimum atomic E-state index is 0. The summed E-state index contributed by atoms with van der Waals surface area (Å²) < 4.78 is 0.